The number of rotatable bonds is 7. The van der Waals surface area contributed by atoms with Gasteiger partial charge in [0.15, 0.2) is 26.9 Å². The second-order valence-corrected chi connectivity index (χ2v) is 13.3. The molecule has 3 aromatic carbocycles. The summed E-state index contributed by atoms with van der Waals surface area (Å²) in [7, 11) is -0.240. The predicted octanol–water partition coefficient (Wildman–Crippen LogP) is 7.15. The molecular weight excluding hydrogens is 488 g/mol. The van der Waals surface area contributed by atoms with Gasteiger partial charge < -0.3 is 9.47 Å². The third kappa shape index (κ3) is 4.52. The molecule has 0 aliphatic heterocycles. The fourth-order valence-electron chi connectivity index (χ4n) is 7.44. The van der Waals surface area contributed by atoms with Gasteiger partial charge in [-0.05, 0) is 93.2 Å². The molecule has 0 unspecified atom stereocenters. The van der Waals surface area contributed by atoms with Crippen LogP contribution in [0.3, 0.4) is 0 Å². The van der Waals surface area contributed by atoms with Crippen LogP contribution >= 0.6 is 0 Å². The fraction of sp³-hybridized carbons (Fsp3) is 0.382. The van der Waals surface area contributed by atoms with Crippen molar-refractivity contribution in [2.24, 2.45) is 23.7 Å². The van der Waals surface area contributed by atoms with Gasteiger partial charge in [0.1, 0.15) is 5.75 Å². The van der Waals surface area contributed by atoms with Crippen molar-refractivity contribution in [3.05, 3.63) is 83.9 Å². The first kappa shape index (κ1) is 25.1. The molecular formula is C34H35O3S+. The number of carbonyl (C=O) groups excluding carboxylic acids is 1. The molecule has 0 radical (unpaired) electrons. The molecule has 194 valence electrons. The van der Waals surface area contributed by atoms with Gasteiger partial charge in [-0.25, -0.2) is 4.79 Å². The van der Waals surface area contributed by atoms with Gasteiger partial charge >= 0.3 is 5.97 Å². The summed E-state index contributed by atoms with van der Waals surface area (Å²) < 4.78 is 12.3. The first-order valence-electron chi connectivity index (χ1n) is 13.7. The van der Waals surface area contributed by atoms with Crippen LogP contribution in [0.1, 0.15) is 43.2 Å². The van der Waals surface area contributed by atoms with E-state index in [1.165, 1.54) is 21.1 Å². The van der Waals surface area contributed by atoms with Gasteiger partial charge in [0.05, 0.1) is 10.9 Å². The third-order valence-electron chi connectivity index (χ3n) is 8.82. The summed E-state index contributed by atoms with van der Waals surface area (Å²) in [6.07, 6.45) is 11.8. The van der Waals surface area contributed by atoms with E-state index >= 15 is 0 Å². The van der Waals surface area contributed by atoms with Gasteiger partial charge in [0.25, 0.3) is 0 Å². The van der Waals surface area contributed by atoms with Gasteiger partial charge in [-0.1, -0.05) is 42.3 Å². The molecule has 7 rings (SSSR count). The monoisotopic (exact) mass is 523 g/mol. The zero-order valence-corrected chi connectivity index (χ0v) is 23.0. The summed E-state index contributed by atoms with van der Waals surface area (Å²) in [5.41, 5.74) is 1.28. The number of ether oxygens (including phenoxy) is 2. The lowest BCUT2D eigenvalue weighted by Crippen LogP contribution is -2.59. The highest BCUT2D eigenvalue weighted by molar-refractivity contribution is 7.97. The van der Waals surface area contributed by atoms with E-state index in [4.69, 9.17) is 15.9 Å². The highest BCUT2D eigenvalue weighted by Gasteiger charge is 2.59. The van der Waals surface area contributed by atoms with Crippen LogP contribution in [-0.4, -0.2) is 18.2 Å². The van der Waals surface area contributed by atoms with Crippen LogP contribution < -0.4 is 4.74 Å². The maximum absolute atomic E-state index is 13.1. The molecule has 0 aromatic heterocycles. The van der Waals surface area contributed by atoms with Crippen LogP contribution in [0.4, 0.5) is 0 Å². The van der Waals surface area contributed by atoms with Crippen LogP contribution in [-0.2, 0) is 20.4 Å². The van der Waals surface area contributed by atoms with Crippen LogP contribution in [0.25, 0.3) is 0 Å². The molecule has 4 aliphatic rings. The second-order valence-electron chi connectivity index (χ2n) is 11.3. The Bertz CT molecular complexity index is 1270. The third-order valence-corrected chi connectivity index (χ3v) is 11.0. The standard InChI is InChI=1S/C34H35O3S/c1-4-34(27-18-25-17-26(20-27)21-28(34)19-25)37-32(35)22-36-33-23(2)15-31(16-24(33)3)38(29-11-7-5-8-12-29)30-13-9-6-10-14-30/h1,5-16,25-28H,17-22H2,2-3H3/q+1. The molecule has 0 amide bonds. The zero-order valence-electron chi connectivity index (χ0n) is 22.2. The summed E-state index contributed by atoms with van der Waals surface area (Å²) in [5.74, 6) is 5.46. The van der Waals surface area contributed by atoms with Crippen molar-refractivity contribution in [2.45, 2.75) is 66.2 Å². The summed E-state index contributed by atoms with van der Waals surface area (Å²) in [6.45, 7) is 3.98. The average molecular weight is 524 g/mol. The highest BCUT2D eigenvalue weighted by Crippen LogP contribution is 2.59. The number of hydrogen-bond donors (Lipinski definition) is 0. The number of aryl methyl sites for hydroxylation is 2. The number of esters is 1. The summed E-state index contributed by atoms with van der Waals surface area (Å²) in [4.78, 5) is 16.9. The SMILES string of the molecule is C#CC1(OC(=O)COc2c(C)cc([S+](c3ccccc3)c3ccccc3)cc2C)C2CC3CC(C2)CC1C3. The van der Waals surface area contributed by atoms with E-state index in [1.54, 1.807) is 0 Å². The molecule has 3 aromatic rings. The Morgan fingerprint density at radius 2 is 1.34 bits per heavy atom. The molecule has 4 aliphatic carbocycles. The highest BCUT2D eigenvalue weighted by atomic mass is 32.2. The molecule has 0 atom stereocenters. The van der Waals surface area contributed by atoms with Gasteiger partial charge in [-0.3, -0.25) is 0 Å². The van der Waals surface area contributed by atoms with Crippen molar-refractivity contribution < 1.29 is 14.3 Å². The molecule has 0 saturated heterocycles. The molecule has 38 heavy (non-hydrogen) atoms. The lowest BCUT2D eigenvalue weighted by atomic mass is 9.50. The van der Waals surface area contributed by atoms with E-state index < -0.39 is 5.60 Å². The van der Waals surface area contributed by atoms with Crippen LogP contribution in [0, 0.1) is 49.9 Å². The van der Waals surface area contributed by atoms with Gasteiger partial charge in [-0.2, -0.15) is 0 Å². The Morgan fingerprint density at radius 3 is 1.82 bits per heavy atom. The average Bonchev–Trinajstić information content (AvgIpc) is 2.91. The largest absolute Gasteiger partial charge is 0.481 e. The Kier molecular flexibility index (Phi) is 6.74. The maximum Gasteiger partial charge on any atom is 0.345 e. The predicted molar refractivity (Wildman–Crippen MR) is 151 cm³/mol. The first-order valence-corrected chi connectivity index (χ1v) is 15.0. The van der Waals surface area contributed by atoms with Crippen molar-refractivity contribution in [2.75, 3.05) is 6.61 Å². The number of carbonyl (C=O) groups is 1. The minimum atomic E-state index is -0.748. The molecule has 0 spiro atoms. The smallest absolute Gasteiger partial charge is 0.345 e. The molecule has 0 N–H and O–H groups in total. The van der Waals surface area contributed by atoms with Gasteiger partial charge in [0, 0.05) is 24.0 Å². The minimum absolute atomic E-state index is 0.125. The molecule has 3 nitrogen and oxygen atoms in total. The maximum atomic E-state index is 13.1. The Balaban J connectivity index is 1.20. The zero-order chi connectivity index (χ0) is 26.3. The van der Waals surface area contributed by atoms with E-state index in [9.17, 15) is 4.79 Å². The van der Waals surface area contributed by atoms with Crippen molar-refractivity contribution in [3.8, 4) is 18.1 Å². The lowest BCUT2D eigenvalue weighted by Gasteiger charge is -2.58. The van der Waals surface area contributed by atoms with Crippen LogP contribution in [0.5, 0.6) is 5.75 Å². The van der Waals surface area contributed by atoms with Crippen molar-refractivity contribution >= 4 is 16.9 Å². The summed E-state index contributed by atoms with van der Waals surface area (Å²) in [5, 5.41) is 0. The van der Waals surface area contributed by atoms with Crippen molar-refractivity contribution in [3.63, 3.8) is 0 Å². The number of terminal acetylenes is 1. The Hall–Kier alpha value is -3.16. The van der Waals surface area contributed by atoms with Crippen molar-refractivity contribution in [1.82, 2.24) is 0 Å². The first-order chi connectivity index (χ1) is 18.5. The van der Waals surface area contributed by atoms with Gasteiger partial charge in [0.2, 0.25) is 0 Å². The number of hydrogen-bond acceptors (Lipinski definition) is 3. The van der Waals surface area contributed by atoms with Crippen molar-refractivity contribution in [1.29, 1.82) is 0 Å². The number of benzene rings is 3. The topological polar surface area (TPSA) is 35.5 Å². The van der Waals surface area contributed by atoms with Gasteiger partial charge in [-0.15, -0.1) is 6.42 Å². The Labute approximate surface area is 229 Å². The lowest BCUT2D eigenvalue weighted by molar-refractivity contribution is -0.191. The molecule has 4 fully saturated rings. The van der Waals surface area contributed by atoms with E-state index in [1.807, 2.05) is 0 Å². The quantitative estimate of drug-likeness (QED) is 0.187. The summed E-state index contributed by atoms with van der Waals surface area (Å²) in [6, 6.07) is 25.6. The van der Waals surface area contributed by atoms with E-state index in [2.05, 4.69) is 92.6 Å². The minimum Gasteiger partial charge on any atom is -0.481 e. The molecule has 4 saturated carbocycles. The normalized spacial score (nSPS) is 27.2. The van der Waals surface area contributed by atoms with E-state index in [-0.39, 0.29) is 23.5 Å². The molecule has 0 heterocycles. The molecule has 4 bridgehead atoms. The fourth-order valence-corrected chi connectivity index (χ4v) is 9.71. The van der Waals surface area contributed by atoms with Crippen LogP contribution in [0.2, 0.25) is 0 Å². The van der Waals surface area contributed by atoms with E-state index in [0.717, 1.165) is 54.4 Å². The Morgan fingerprint density at radius 1 is 0.842 bits per heavy atom. The summed E-state index contributed by atoms with van der Waals surface area (Å²) >= 11 is 0. The molecule has 4 heteroatoms. The van der Waals surface area contributed by atoms with Crippen LogP contribution in [0.15, 0.2) is 87.5 Å². The van der Waals surface area contributed by atoms with E-state index in [0.29, 0.717) is 11.8 Å². The second kappa shape index (κ2) is 10.2.